The van der Waals surface area contributed by atoms with Crippen molar-refractivity contribution in [2.75, 3.05) is 6.54 Å². The molecule has 1 aromatic rings. The molecule has 1 aromatic heterocycles. The molecule has 3 N–H and O–H groups in total. The fraction of sp³-hybridized carbons (Fsp3) is 0.667. The number of primary amides is 1. The quantitative estimate of drug-likeness (QED) is 0.702. The first-order valence-electron chi connectivity index (χ1n) is 4.91. The summed E-state index contributed by atoms with van der Waals surface area (Å²) in [5.41, 5.74) is 5.02. The first-order chi connectivity index (χ1) is 7.02. The number of nitrogens with zero attached hydrogens (tertiary/aromatic N) is 3. The molecular weight excluding hydrogens is 194 g/mol. The molecule has 0 spiro atoms. The Hall–Kier alpha value is -1.43. The van der Waals surface area contributed by atoms with Gasteiger partial charge in [0, 0.05) is 6.04 Å². The van der Waals surface area contributed by atoms with Crippen LogP contribution >= 0.6 is 0 Å². The summed E-state index contributed by atoms with van der Waals surface area (Å²) in [4.78, 5) is 10.5. The lowest BCUT2D eigenvalue weighted by atomic mass is 10.3. The van der Waals surface area contributed by atoms with Crippen LogP contribution in [0.4, 0.5) is 0 Å². The van der Waals surface area contributed by atoms with Crippen LogP contribution < -0.4 is 11.1 Å². The maximum atomic E-state index is 10.5. The summed E-state index contributed by atoms with van der Waals surface area (Å²) in [5, 5.41) is 10.9. The van der Waals surface area contributed by atoms with E-state index < -0.39 is 0 Å². The van der Waals surface area contributed by atoms with Crippen LogP contribution in [0.15, 0.2) is 0 Å². The Morgan fingerprint density at radius 1 is 1.53 bits per heavy atom. The van der Waals surface area contributed by atoms with Crippen molar-refractivity contribution in [2.24, 2.45) is 5.73 Å². The van der Waals surface area contributed by atoms with Crippen LogP contribution in [0.3, 0.4) is 0 Å². The van der Waals surface area contributed by atoms with Crippen LogP contribution in [0.2, 0.25) is 0 Å². The number of amides is 1. The molecule has 15 heavy (non-hydrogen) atoms. The molecule has 0 aliphatic heterocycles. The van der Waals surface area contributed by atoms with Crippen LogP contribution in [0.5, 0.6) is 0 Å². The number of hydrogen-bond donors (Lipinski definition) is 2. The third-order valence-electron chi connectivity index (χ3n) is 2.04. The lowest BCUT2D eigenvalue weighted by molar-refractivity contribution is -0.117. The van der Waals surface area contributed by atoms with Crippen molar-refractivity contribution in [3.63, 3.8) is 0 Å². The largest absolute Gasteiger partial charge is 0.369 e. The van der Waals surface area contributed by atoms with E-state index in [1.165, 1.54) is 0 Å². The van der Waals surface area contributed by atoms with Gasteiger partial charge < -0.3 is 15.6 Å². The number of carbonyl (C=O) groups excluding carboxylic acids is 1. The van der Waals surface area contributed by atoms with E-state index in [1.54, 1.807) is 0 Å². The highest BCUT2D eigenvalue weighted by Gasteiger charge is 2.10. The Kier molecular flexibility index (Phi) is 3.79. The molecule has 1 heterocycles. The van der Waals surface area contributed by atoms with Crippen LogP contribution in [0.25, 0.3) is 0 Å². The number of carbonyl (C=O) groups is 1. The van der Waals surface area contributed by atoms with E-state index in [0.717, 1.165) is 11.6 Å². The summed E-state index contributed by atoms with van der Waals surface area (Å²) >= 11 is 0. The molecule has 6 heteroatoms. The minimum absolute atomic E-state index is 0.157. The van der Waals surface area contributed by atoms with Gasteiger partial charge in [-0.3, -0.25) is 4.79 Å². The number of nitrogens with one attached hydrogen (secondary N) is 1. The Morgan fingerprint density at radius 2 is 2.20 bits per heavy atom. The van der Waals surface area contributed by atoms with Gasteiger partial charge in [-0.25, -0.2) is 0 Å². The molecule has 6 nitrogen and oxygen atoms in total. The Balaban J connectivity index is 2.64. The second-order valence-electron chi connectivity index (χ2n) is 3.70. The summed E-state index contributed by atoms with van der Waals surface area (Å²) in [6.45, 7) is 6.69. The van der Waals surface area contributed by atoms with Crippen molar-refractivity contribution < 1.29 is 4.79 Å². The van der Waals surface area contributed by atoms with Gasteiger partial charge in [-0.05, 0) is 20.8 Å². The molecule has 0 saturated carbocycles. The summed E-state index contributed by atoms with van der Waals surface area (Å²) in [5.74, 6) is 1.33. The predicted molar refractivity (Wildman–Crippen MR) is 56.0 cm³/mol. The molecular formula is C9H17N5O. The molecule has 0 radical (unpaired) electrons. The first kappa shape index (κ1) is 11.6. The van der Waals surface area contributed by atoms with Crippen LogP contribution in [-0.2, 0) is 11.3 Å². The lowest BCUT2D eigenvalue weighted by Gasteiger charge is -2.12. The van der Waals surface area contributed by atoms with E-state index in [0.29, 0.717) is 12.6 Å². The summed E-state index contributed by atoms with van der Waals surface area (Å²) in [6.07, 6.45) is 0. The second-order valence-corrected chi connectivity index (χ2v) is 3.70. The lowest BCUT2D eigenvalue weighted by Crippen LogP contribution is -2.29. The van der Waals surface area contributed by atoms with Gasteiger partial charge in [-0.15, -0.1) is 10.2 Å². The van der Waals surface area contributed by atoms with E-state index >= 15 is 0 Å². The zero-order valence-electron chi connectivity index (χ0n) is 9.32. The van der Waals surface area contributed by atoms with Crippen molar-refractivity contribution in [2.45, 2.75) is 33.4 Å². The maximum absolute atomic E-state index is 10.5. The fourth-order valence-corrected chi connectivity index (χ4v) is 1.50. The van der Waals surface area contributed by atoms with Crippen molar-refractivity contribution >= 4 is 5.91 Å². The maximum Gasteiger partial charge on any atom is 0.231 e. The normalized spacial score (nSPS) is 10.9. The molecule has 0 aliphatic rings. The molecule has 0 aliphatic carbocycles. The average Bonchev–Trinajstić information content (AvgIpc) is 2.46. The molecule has 0 bridgehead atoms. The van der Waals surface area contributed by atoms with Gasteiger partial charge in [0.05, 0.1) is 13.1 Å². The van der Waals surface area contributed by atoms with Crippen LogP contribution in [-0.4, -0.2) is 27.2 Å². The third-order valence-corrected chi connectivity index (χ3v) is 2.04. The topological polar surface area (TPSA) is 85.8 Å². The monoisotopic (exact) mass is 211 g/mol. The molecule has 1 amide bonds. The standard InChI is InChI=1S/C9H17N5O/c1-6(2)14-7(3)12-13-9(14)5-11-4-8(10)15/h6,11H,4-5H2,1-3H3,(H2,10,15). The molecule has 84 valence electrons. The number of rotatable bonds is 5. The van der Waals surface area contributed by atoms with Gasteiger partial charge in [-0.2, -0.15) is 0 Å². The highest BCUT2D eigenvalue weighted by Crippen LogP contribution is 2.10. The van der Waals surface area contributed by atoms with Crippen molar-refractivity contribution in [3.8, 4) is 0 Å². The van der Waals surface area contributed by atoms with E-state index in [1.807, 2.05) is 11.5 Å². The van der Waals surface area contributed by atoms with Gasteiger partial charge in [-0.1, -0.05) is 0 Å². The number of aromatic nitrogens is 3. The summed E-state index contributed by atoms with van der Waals surface area (Å²) < 4.78 is 2.02. The highest BCUT2D eigenvalue weighted by molar-refractivity contribution is 5.75. The molecule has 0 unspecified atom stereocenters. The van der Waals surface area contributed by atoms with Crippen molar-refractivity contribution in [3.05, 3.63) is 11.6 Å². The molecule has 1 rings (SSSR count). The van der Waals surface area contributed by atoms with Gasteiger partial charge in [0.25, 0.3) is 0 Å². The Bertz CT molecular complexity index is 344. The van der Waals surface area contributed by atoms with E-state index in [9.17, 15) is 4.79 Å². The minimum atomic E-state index is -0.373. The third kappa shape index (κ3) is 3.02. The van der Waals surface area contributed by atoms with Gasteiger partial charge >= 0.3 is 0 Å². The highest BCUT2D eigenvalue weighted by atomic mass is 16.1. The number of hydrogen-bond acceptors (Lipinski definition) is 4. The summed E-state index contributed by atoms with van der Waals surface area (Å²) in [6, 6.07) is 0.311. The van der Waals surface area contributed by atoms with Crippen molar-refractivity contribution in [1.82, 2.24) is 20.1 Å². The average molecular weight is 211 g/mol. The summed E-state index contributed by atoms with van der Waals surface area (Å²) in [7, 11) is 0. The van der Waals surface area contributed by atoms with E-state index in [2.05, 4.69) is 29.4 Å². The van der Waals surface area contributed by atoms with Crippen molar-refractivity contribution in [1.29, 1.82) is 0 Å². The zero-order chi connectivity index (χ0) is 11.4. The molecule has 0 saturated heterocycles. The van der Waals surface area contributed by atoms with Gasteiger partial charge in [0.2, 0.25) is 5.91 Å². The molecule has 0 atom stereocenters. The van der Waals surface area contributed by atoms with Gasteiger partial charge in [0.1, 0.15) is 11.6 Å². The van der Waals surface area contributed by atoms with E-state index in [4.69, 9.17) is 5.73 Å². The number of nitrogens with two attached hydrogens (primary N) is 1. The smallest absolute Gasteiger partial charge is 0.231 e. The molecule has 0 fully saturated rings. The zero-order valence-corrected chi connectivity index (χ0v) is 9.32. The fourth-order valence-electron chi connectivity index (χ4n) is 1.50. The second kappa shape index (κ2) is 4.88. The van der Waals surface area contributed by atoms with Crippen LogP contribution in [0.1, 0.15) is 31.5 Å². The SMILES string of the molecule is Cc1nnc(CNCC(N)=O)n1C(C)C. The van der Waals surface area contributed by atoms with Crippen LogP contribution in [0, 0.1) is 6.92 Å². The van der Waals surface area contributed by atoms with Gasteiger partial charge in [0.15, 0.2) is 0 Å². The number of aryl methyl sites for hydroxylation is 1. The Labute approximate surface area is 88.9 Å². The van der Waals surface area contributed by atoms with E-state index in [-0.39, 0.29) is 12.5 Å². The molecule has 0 aromatic carbocycles. The first-order valence-corrected chi connectivity index (χ1v) is 4.91. The predicted octanol–water partition coefficient (Wildman–Crippen LogP) is -0.258. The minimum Gasteiger partial charge on any atom is -0.369 e. The Morgan fingerprint density at radius 3 is 2.73 bits per heavy atom.